The summed E-state index contributed by atoms with van der Waals surface area (Å²) < 4.78 is 8.84. The van der Waals surface area contributed by atoms with Gasteiger partial charge in [-0.25, -0.2) is 9.97 Å². The molecule has 144 valence electrons. The highest BCUT2D eigenvalue weighted by molar-refractivity contribution is 7.98. The van der Waals surface area contributed by atoms with Crippen LogP contribution in [0.5, 0.6) is 0 Å². The van der Waals surface area contributed by atoms with Gasteiger partial charge in [0.05, 0.1) is 29.7 Å². The summed E-state index contributed by atoms with van der Waals surface area (Å²) in [6, 6.07) is 9.18. The van der Waals surface area contributed by atoms with Crippen molar-refractivity contribution in [1.29, 1.82) is 0 Å². The average Bonchev–Trinajstić information content (AvgIpc) is 3.10. The first-order valence-corrected chi connectivity index (χ1v) is 10.2. The summed E-state index contributed by atoms with van der Waals surface area (Å²) in [6.07, 6.45) is 3.99. The highest BCUT2D eigenvalue weighted by atomic mass is 35.5. The van der Waals surface area contributed by atoms with E-state index < -0.39 is 0 Å². The molecular formula is C20H19ClN4O2S. The van der Waals surface area contributed by atoms with E-state index in [9.17, 15) is 4.79 Å². The summed E-state index contributed by atoms with van der Waals surface area (Å²) in [4.78, 5) is 22.3. The topological polar surface area (TPSA) is 61.4 Å². The molecule has 0 aliphatic rings. The molecular weight excluding hydrogens is 396 g/mol. The lowest BCUT2D eigenvalue weighted by molar-refractivity contribution is 0.183. The Morgan fingerprint density at radius 1 is 1.25 bits per heavy atom. The minimum Gasteiger partial charge on any atom is -0.383 e. The van der Waals surface area contributed by atoms with E-state index in [1.54, 1.807) is 29.9 Å². The molecule has 0 amide bonds. The Balaban J connectivity index is 1.71. The molecule has 0 radical (unpaired) electrons. The van der Waals surface area contributed by atoms with Gasteiger partial charge >= 0.3 is 0 Å². The molecule has 1 aromatic carbocycles. The number of rotatable bonds is 6. The molecule has 4 rings (SSSR count). The zero-order valence-electron chi connectivity index (χ0n) is 15.6. The lowest BCUT2D eigenvalue weighted by Crippen LogP contribution is -2.25. The van der Waals surface area contributed by atoms with Crippen molar-refractivity contribution in [1.82, 2.24) is 18.9 Å². The molecule has 3 heterocycles. The Morgan fingerprint density at radius 3 is 2.89 bits per heavy atom. The number of pyridine rings is 1. The van der Waals surface area contributed by atoms with E-state index in [2.05, 4.69) is 4.98 Å². The predicted octanol–water partition coefficient (Wildman–Crippen LogP) is 3.94. The molecule has 0 spiro atoms. The number of thioether (sulfide) groups is 1. The number of methoxy groups -OCH3 is 1. The minimum atomic E-state index is -0.0907. The lowest BCUT2D eigenvalue weighted by Gasteiger charge is -2.12. The van der Waals surface area contributed by atoms with Crippen molar-refractivity contribution >= 4 is 39.9 Å². The van der Waals surface area contributed by atoms with Crippen LogP contribution >= 0.6 is 23.4 Å². The molecule has 0 unspecified atom stereocenters. The Morgan fingerprint density at radius 2 is 2.11 bits per heavy atom. The van der Waals surface area contributed by atoms with E-state index in [1.807, 2.05) is 35.9 Å². The van der Waals surface area contributed by atoms with Gasteiger partial charge in [-0.2, -0.15) is 0 Å². The number of aryl methyl sites for hydroxylation is 1. The van der Waals surface area contributed by atoms with Crippen molar-refractivity contribution in [3.8, 4) is 0 Å². The average molecular weight is 415 g/mol. The highest BCUT2D eigenvalue weighted by Crippen LogP contribution is 2.24. The van der Waals surface area contributed by atoms with Crippen LogP contribution in [-0.4, -0.2) is 32.7 Å². The number of hydrogen-bond donors (Lipinski definition) is 0. The van der Waals surface area contributed by atoms with Gasteiger partial charge in [0.1, 0.15) is 5.65 Å². The number of imidazole rings is 1. The maximum atomic E-state index is 13.0. The van der Waals surface area contributed by atoms with Gasteiger partial charge in [0.15, 0.2) is 5.16 Å². The number of benzene rings is 1. The van der Waals surface area contributed by atoms with Crippen molar-refractivity contribution < 1.29 is 4.74 Å². The quantitative estimate of drug-likeness (QED) is 0.353. The summed E-state index contributed by atoms with van der Waals surface area (Å²) in [5.74, 6) is 0.604. The summed E-state index contributed by atoms with van der Waals surface area (Å²) in [6.45, 7) is 2.91. The Hall–Kier alpha value is -2.35. The van der Waals surface area contributed by atoms with Crippen molar-refractivity contribution in [2.75, 3.05) is 13.7 Å². The third-order valence-corrected chi connectivity index (χ3v) is 5.72. The van der Waals surface area contributed by atoms with Crippen LogP contribution in [0.25, 0.3) is 16.6 Å². The van der Waals surface area contributed by atoms with Crippen LogP contribution in [0.4, 0.5) is 0 Å². The second-order valence-electron chi connectivity index (χ2n) is 6.45. The highest BCUT2D eigenvalue weighted by Gasteiger charge is 2.13. The van der Waals surface area contributed by atoms with Crippen LogP contribution in [0.15, 0.2) is 52.7 Å². The first kappa shape index (κ1) is 19.0. The van der Waals surface area contributed by atoms with E-state index in [0.29, 0.717) is 40.0 Å². The molecule has 6 nitrogen and oxygen atoms in total. The molecule has 0 saturated carbocycles. The fourth-order valence-corrected chi connectivity index (χ4v) is 4.15. The van der Waals surface area contributed by atoms with Crippen LogP contribution in [0.3, 0.4) is 0 Å². The zero-order valence-corrected chi connectivity index (χ0v) is 17.1. The van der Waals surface area contributed by atoms with Gasteiger partial charge < -0.3 is 9.14 Å². The first-order chi connectivity index (χ1) is 13.6. The van der Waals surface area contributed by atoms with E-state index in [-0.39, 0.29) is 5.56 Å². The molecule has 0 saturated heterocycles. The normalized spacial score (nSPS) is 11.5. The molecule has 0 aliphatic carbocycles. The maximum Gasteiger partial charge on any atom is 0.262 e. The molecule has 0 aliphatic heterocycles. The number of halogens is 1. The molecule has 3 aromatic heterocycles. The Kier molecular flexibility index (Phi) is 5.39. The summed E-state index contributed by atoms with van der Waals surface area (Å²) in [7, 11) is 1.62. The SMILES string of the molecule is COCCn1c(SCc2cn3cccc(C)c3n2)nc2cc(Cl)ccc2c1=O. The number of aromatic nitrogens is 4. The Bertz CT molecular complexity index is 1220. The molecule has 0 bridgehead atoms. The maximum absolute atomic E-state index is 13.0. The second-order valence-corrected chi connectivity index (χ2v) is 7.83. The van der Waals surface area contributed by atoms with Gasteiger partial charge in [-0.1, -0.05) is 29.4 Å². The van der Waals surface area contributed by atoms with Crippen LogP contribution < -0.4 is 5.56 Å². The molecule has 8 heteroatoms. The standard InChI is InChI=1S/C20H19ClN4O2S/c1-13-4-3-7-24-11-15(22-18(13)24)12-28-20-23-17-10-14(21)5-6-16(17)19(26)25(20)8-9-27-2/h3-7,10-11H,8-9,12H2,1-2H3. The molecule has 0 N–H and O–H groups in total. The van der Waals surface area contributed by atoms with Crippen LogP contribution in [0.1, 0.15) is 11.3 Å². The van der Waals surface area contributed by atoms with Gasteiger partial charge in [-0.05, 0) is 36.8 Å². The lowest BCUT2D eigenvalue weighted by atomic mass is 10.2. The third-order valence-electron chi connectivity index (χ3n) is 4.48. The van der Waals surface area contributed by atoms with Crippen molar-refractivity contribution in [2.24, 2.45) is 0 Å². The fourth-order valence-electron chi connectivity index (χ4n) is 3.08. The van der Waals surface area contributed by atoms with Crippen molar-refractivity contribution in [3.63, 3.8) is 0 Å². The number of ether oxygens (including phenoxy) is 1. The monoisotopic (exact) mass is 414 g/mol. The largest absolute Gasteiger partial charge is 0.383 e. The summed E-state index contributed by atoms with van der Waals surface area (Å²) in [5, 5.41) is 1.74. The van der Waals surface area contributed by atoms with Gasteiger partial charge in [0, 0.05) is 30.3 Å². The first-order valence-electron chi connectivity index (χ1n) is 8.82. The molecule has 0 fully saturated rings. The Labute approximate surface area is 171 Å². The van der Waals surface area contributed by atoms with Crippen LogP contribution in [0.2, 0.25) is 5.02 Å². The predicted molar refractivity (Wildman–Crippen MR) is 112 cm³/mol. The van der Waals surface area contributed by atoms with Crippen LogP contribution in [0, 0.1) is 6.92 Å². The smallest absolute Gasteiger partial charge is 0.262 e. The van der Waals surface area contributed by atoms with E-state index >= 15 is 0 Å². The van der Waals surface area contributed by atoms with E-state index in [1.165, 1.54) is 11.8 Å². The van der Waals surface area contributed by atoms with Gasteiger partial charge in [0.2, 0.25) is 0 Å². The van der Waals surface area contributed by atoms with Crippen LogP contribution in [-0.2, 0) is 17.0 Å². The molecule has 0 atom stereocenters. The molecule has 4 aromatic rings. The third kappa shape index (κ3) is 3.65. The van der Waals surface area contributed by atoms with Gasteiger partial charge in [-0.3, -0.25) is 9.36 Å². The van der Waals surface area contributed by atoms with E-state index in [0.717, 1.165) is 16.9 Å². The number of nitrogens with zero attached hydrogens (tertiary/aromatic N) is 4. The fraction of sp³-hybridized carbons (Fsp3) is 0.250. The van der Waals surface area contributed by atoms with E-state index in [4.69, 9.17) is 21.3 Å². The minimum absolute atomic E-state index is 0.0907. The number of fused-ring (bicyclic) bond motifs is 2. The van der Waals surface area contributed by atoms with Crippen molar-refractivity contribution in [3.05, 3.63) is 69.4 Å². The van der Waals surface area contributed by atoms with Gasteiger partial charge in [0.25, 0.3) is 5.56 Å². The second kappa shape index (κ2) is 7.95. The van der Waals surface area contributed by atoms with Crippen molar-refractivity contribution in [2.45, 2.75) is 24.4 Å². The summed E-state index contributed by atoms with van der Waals surface area (Å²) >= 11 is 7.58. The van der Waals surface area contributed by atoms with Gasteiger partial charge in [-0.15, -0.1) is 0 Å². The number of hydrogen-bond acceptors (Lipinski definition) is 5. The zero-order chi connectivity index (χ0) is 19.7. The molecule has 28 heavy (non-hydrogen) atoms. The summed E-state index contributed by atoms with van der Waals surface area (Å²) in [5.41, 5.74) is 3.49.